The number of hydrogen-bond donors (Lipinski definition) is 0. The van der Waals surface area contributed by atoms with Crippen molar-refractivity contribution in [2.75, 3.05) is 7.05 Å². The molecule has 7 heteroatoms. The molecule has 0 aliphatic rings. The Morgan fingerprint density at radius 2 is 2.00 bits per heavy atom. The molecule has 3 aromatic rings. The van der Waals surface area contributed by atoms with E-state index in [9.17, 15) is 4.79 Å². The van der Waals surface area contributed by atoms with E-state index in [1.807, 2.05) is 27.1 Å². The van der Waals surface area contributed by atoms with E-state index in [2.05, 4.69) is 28.7 Å². The van der Waals surface area contributed by atoms with Crippen molar-refractivity contribution in [2.45, 2.75) is 40.3 Å². The molecule has 3 heterocycles. The van der Waals surface area contributed by atoms with E-state index in [1.165, 1.54) is 4.88 Å². The minimum atomic E-state index is -0.0175. The molecule has 0 fully saturated rings. The Morgan fingerprint density at radius 3 is 2.65 bits per heavy atom. The summed E-state index contributed by atoms with van der Waals surface area (Å²) in [6.07, 6.45) is 1.84. The van der Waals surface area contributed by atoms with Crippen LogP contribution in [-0.4, -0.2) is 26.3 Å². The first-order valence-electron chi connectivity index (χ1n) is 7.48. The third kappa shape index (κ3) is 3.22. The van der Waals surface area contributed by atoms with Gasteiger partial charge in [0, 0.05) is 28.6 Å². The van der Waals surface area contributed by atoms with Crippen LogP contribution in [0.15, 0.2) is 17.1 Å². The predicted octanol–water partition coefficient (Wildman–Crippen LogP) is 3.33. The summed E-state index contributed by atoms with van der Waals surface area (Å²) >= 11 is 3.26. The van der Waals surface area contributed by atoms with Gasteiger partial charge in [0.05, 0.1) is 22.4 Å². The number of hydrogen-bond acceptors (Lipinski definition) is 6. The Labute approximate surface area is 143 Å². The van der Waals surface area contributed by atoms with Gasteiger partial charge in [-0.05, 0) is 34.7 Å². The molecular weight excluding hydrogens is 328 g/mol. The molecule has 122 valence electrons. The molecule has 3 aromatic heterocycles. The van der Waals surface area contributed by atoms with Gasteiger partial charge >= 0.3 is 0 Å². The molecule has 1 unspecified atom stereocenters. The zero-order valence-corrected chi connectivity index (χ0v) is 15.6. The van der Waals surface area contributed by atoms with Crippen LogP contribution < -0.4 is 5.56 Å². The van der Waals surface area contributed by atoms with Crippen molar-refractivity contribution >= 4 is 27.6 Å². The molecule has 0 aliphatic heterocycles. The highest BCUT2D eigenvalue weighted by atomic mass is 32.1. The fourth-order valence-corrected chi connectivity index (χ4v) is 4.43. The molecule has 0 N–H and O–H groups in total. The van der Waals surface area contributed by atoms with E-state index in [1.54, 1.807) is 33.1 Å². The van der Waals surface area contributed by atoms with Crippen LogP contribution in [0.1, 0.15) is 39.1 Å². The Kier molecular flexibility index (Phi) is 4.35. The highest BCUT2D eigenvalue weighted by Gasteiger charge is 2.18. The molecule has 0 saturated heterocycles. The predicted molar refractivity (Wildman–Crippen MR) is 95.5 cm³/mol. The second-order valence-corrected chi connectivity index (χ2v) is 8.47. The quantitative estimate of drug-likeness (QED) is 0.726. The van der Waals surface area contributed by atoms with Crippen LogP contribution in [0.3, 0.4) is 0 Å². The van der Waals surface area contributed by atoms with Crippen LogP contribution in [-0.2, 0) is 6.54 Å². The van der Waals surface area contributed by atoms with Crippen LogP contribution in [0.25, 0.3) is 4.96 Å². The lowest BCUT2D eigenvalue weighted by Gasteiger charge is -2.23. The number of fused-ring (bicyclic) bond motifs is 1. The second kappa shape index (κ2) is 6.14. The third-order valence-electron chi connectivity index (χ3n) is 3.94. The summed E-state index contributed by atoms with van der Waals surface area (Å²) in [6.45, 7) is 8.89. The van der Waals surface area contributed by atoms with Crippen molar-refractivity contribution in [3.8, 4) is 0 Å². The molecule has 0 spiro atoms. The third-order valence-corrected chi connectivity index (χ3v) is 5.74. The zero-order chi connectivity index (χ0) is 16.7. The van der Waals surface area contributed by atoms with Crippen molar-refractivity contribution < 1.29 is 0 Å². The van der Waals surface area contributed by atoms with Gasteiger partial charge in [-0.3, -0.25) is 14.1 Å². The minimum absolute atomic E-state index is 0.0175. The van der Waals surface area contributed by atoms with E-state index < -0.39 is 0 Å². The van der Waals surface area contributed by atoms with Gasteiger partial charge in [-0.15, -0.1) is 22.7 Å². The molecule has 5 nitrogen and oxygen atoms in total. The average Bonchev–Trinajstić information content (AvgIpc) is 3.00. The lowest BCUT2D eigenvalue weighted by Crippen LogP contribution is -2.25. The van der Waals surface area contributed by atoms with Crippen LogP contribution in [0, 0.1) is 20.8 Å². The minimum Gasteiger partial charge on any atom is -0.292 e. The summed E-state index contributed by atoms with van der Waals surface area (Å²) in [5.74, 6) is 0. The van der Waals surface area contributed by atoms with Gasteiger partial charge in [-0.2, -0.15) is 0 Å². The van der Waals surface area contributed by atoms with Gasteiger partial charge in [0.15, 0.2) is 4.96 Å². The second-order valence-electron chi connectivity index (χ2n) is 5.85. The molecule has 3 rings (SSSR count). The van der Waals surface area contributed by atoms with E-state index in [-0.39, 0.29) is 11.6 Å². The number of thiazole rings is 2. The summed E-state index contributed by atoms with van der Waals surface area (Å²) in [6, 6.07) is 1.81. The van der Waals surface area contributed by atoms with E-state index in [0.29, 0.717) is 6.54 Å². The smallest absolute Gasteiger partial charge is 0.258 e. The van der Waals surface area contributed by atoms with Crippen LogP contribution in [0.5, 0.6) is 0 Å². The monoisotopic (exact) mass is 348 g/mol. The Morgan fingerprint density at radius 1 is 1.26 bits per heavy atom. The summed E-state index contributed by atoms with van der Waals surface area (Å²) in [7, 11) is 2.04. The first kappa shape index (κ1) is 16.3. The number of aromatic nitrogens is 3. The maximum absolute atomic E-state index is 12.2. The van der Waals surface area contributed by atoms with Crippen LogP contribution >= 0.6 is 22.7 Å². The molecule has 0 saturated carbocycles. The van der Waals surface area contributed by atoms with Gasteiger partial charge in [-0.25, -0.2) is 9.97 Å². The number of nitrogens with zero attached hydrogens (tertiary/aromatic N) is 4. The molecule has 0 bridgehead atoms. The normalized spacial score (nSPS) is 13.1. The fourth-order valence-electron chi connectivity index (χ4n) is 2.67. The summed E-state index contributed by atoms with van der Waals surface area (Å²) in [4.78, 5) is 26.7. The van der Waals surface area contributed by atoms with Gasteiger partial charge in [0.1, 0.15) is 0 Å². The first-order valence-corrected chi connectivity index (χ1v) is 9.11. The molecule has 23 heavy (non-hydrogen) atoms. The van der Waals surface area contributed by atoms with Gasteiger partial charge < -0.3 is 0 Å². The molecule has 0 amide bonds. The Balaban J connectivity index is 1.86. The molecule has 1 atom stereocenters. The Hall–Kier alpha value is -1.57. The van der Waals surface area contributed by atoms with Gasteiger partial charge in [-0.1, -0.05) is 0 Å². The average molecular weight is 348 g/mol. The molecule has 0 radical (unpaired) electrons. The highest BCUT2D eigenvalue weighted by molar-refractivity contribution is 7.16. The molecule has 0 aliphatic carbocycles. The lowest BCUT2D eigenvalue weighted by atomic mass is 10.2. The standard InChI is InChI=1S/C16H20N4OS2/c1-9-7-20-14(21)6-13(18-16(20)22-9)8-19(5)10(2)15-11(3)23-12(4)17-15/h6-7,10H,8H2,1-5H3. The van der Waals surface area contributed by atoms with Crippen molar-refractivity contribution in [3.63, 3.8) is 0 Å². The van der Waals surface area contributed by atoms with Crippen LogP contribution in [0.4, 0.5) is 0 Å². The largest absolute Gasteiger partial charge is 0.292 e. The van der Waals surface area contributed by atoms with Crippen molar-refractivity contribution in [2.24, 2.45) is 0 Å². The SMILES string of the molecule is Cc1cn2c(=O)cc(CN(C)C(C)c3nc(C)sc3C)nc2s1. The maximum Gasteiger partial charge on any atom is 0.258 e. The molecular formula is C16H20N4OS2. The Bertz CT molecular complexity index is 909. The van der Waals surface area contributed by atoms with Crippen molar-refractivity contribution in [1.82, 2.24) is 19.3 Å². The van der Waals surface area contributed by atoms with E-state index >= 15 is 0 Å². The van der Waals surface area contributed by atoms with Gasteiger partial charge in [0.2, 0.25) is 0 Å². The fraction of sp³-hybridized carbons (Fsp3) is 0.438. The van der Waals surface area contributed by atoms with Gasteiger partial charge in [0.25, 0.3) is 5.56 Å². The molecule has 0 aromatic carbocycles. The summed E-state index contributed by atoms with van der Waals surface area (Å²) in [5, 5.41) is 1.09. The zero-order valence-electron chi connectivity index (χ0n) is 14.0. The summed E-state index contributed by atoms with van der Waals surface area (Å²) in [5.41, 5.74) is 1.90. The lowest BCUT2D eigenvalue weighted by molar-refractivity contribution is 0.245. The summed E-state index contributed by atoms with van der Waals surface area (Å²) < 4.78 is 1.61. The van der Waals surface area contributed by atoms with Crippen molar-refractivity contribution in [3.05, 3.63) is 48.8 Å². The number of aryl methyl sites for hydroxylation is 3. The first-order chi connectivity index (χ1) is 10.8. The van der Waals surface area contributed by atoms with E-state index in [0.717, 1.165) is 26.2 Å². The maximum atomic E-state index is 12.2. The topological polar surface area (TPSA) is 50.5 Å². The van der Waals surface area contributed by atoms with Crippen molar-refractivity contribution in [1.29, 1.82) is 0 Å². The van der Waals surface area contributed by atoms with Crippen LogP contribution in [0.2, 0.25) is 0 Å². The van der Waals surface area contributed by atoms with E-state index in [4.69, 9.17) is 0 Å². The number of rotatable bonds is 4. The highest BCUT2D eigenvalue weighted by Crippen LogP contribution is 2.26.